The minimum absolute atomic E-state index is 0.231. The summed E-state index contributed by atoms with van der Waals surface area (Å²) in [5, 5.41) is 5.96. The van der Waals surface area contributed by atoms with Crippen LogP contribution >= 0.6 is 0 Å². The number of rotatable bonds is 6. The summed E-state index contributed by atoms with van der Waals surface area (Å²) in [6.07, 6.45) is 4.55. The Bertz CT molecular complexity index is 710. The van der Waals surface area contributed by atoms with E-state index in [4.69, 9.17) is 9.47 Å². The monoisotopic (exact) mass is 344 g/mol. The van der Waals surface area contributed by atoms with E-state index < -0.39 is 6.04 Å². The van der Waals surface area contributed by atoms with Crippen LogP contribution < -0.4 is 15.4 Å². The van der Waals surface area contributed by atoms with Crippen molar-refractivity contribution >= 4 is 6.03 Å². The van der Waals surface area contributed by atoms with Gasteiger partial charge in [-0.05, 0) is 12.5 Å². The van der Waals surface area contributed by atoms with Crippen LogP contribution in [-0.4, -0.2) is 42.5 Å². The van der Waals surface area contributed by atoms with Crippen LogP contribution in [0.5, 0.6) is 5.75 Å². The number of imidazole rings is 1. The van der Waals surface area contributed by atoms with E-state index in [0.717, 1.165) is 24.4 Å². The first-order chi connectivity index (χ1) is 12.2. The zero-order valence-electron chi connectivity index (χ0n) is 14.6. The molecule has 1 aliphatic rings. The largest absolute Gasteiger partial charge is 0.496 e. The van der Waals surface area contributed by atoms with E-state index >= 15 is 0 Å². The van der Waals surface area contributed by atoms with Crippen LogP contribution in [0.3, 0.4) is 0 Å². The molecule has 0 unspecified atom stereocenters. The molecule has 2 aromatic rings. The van der Waals surface area contributed by atoms with E-state index in [1.807, 2.05) is 42.1 Å². The van der Waals surface area contributed by atoms with Crippen molar-refractivity contribution in [1.29, 1.82) is 0 Å². The summed E-state index contributed by atoms with van der Waals surface area (Å²) < 4.78 is 12.7. The van der Waals surface area contributed by atoms with Gasteiger partial charge < -0.3 is 24.7 Å². The Kier molecular flexibility index (Phi) is 5.55. The van der Waals surface area contributed by atoms with E-state index in [1.165, 1.54) is 0 Å². The number of carbonyl (C=O) groups is 1. The van der Waals surface area contributed by atoms with Gasteiger partial charge in [0.2, 0.25) is 0 Å². The maximum absolute atomic E-state index is 12.4. The third kappa shape index (κ3) is 4.11. The Morgan fingerprint density at radius 3 is 3.00 bits per heavy atom. The van der Waals surface area contributed by atoms with Gasteiger partial charge in [0.1, 0.15) is 17.6 Å². The van der Waals surface area contributed by atoms with E-state index in [-0.39, 0.29) is 6.03 Å². The number of aryl methyl sites for hydroxylation is 1. The minimum Gasteiger partial charge on any atom is -0.496 e. The second-order valence-electron chi connectivity index (χ2n) is 6.16. The van der Waals surface area contributed by atoms with Gasteiger partial charge in [-0.2, -0.15) is 0 Å². The molecule has 1 saturated heterocycles. The number of methoxy groups -OCH3 is 1. The van der Waals surface area contributed by atoms with Gasteiger partial charge in [0, 0.05) is 44.1 Å². The van der Waals surface area contributed by atoms with E-state index in [0.29, 0.717) is 24.8 Å². The Labute approximate surface area is 147 Å². The van der Waals surface area contributed by atoms with Crippen LogP contribution in [0, 0.1) is 5.92 Å². The van der Waals surface area contributed by atoms with Gasteiger partial charge in [-0.25, -0.2) is 9.78 Å². The molecule has 2 atom stereocenters. The van der Waals surface area contributed by atoms with E-state index in [2.05, 4.69) is 15.6 Å². The lowest BCUT2D eigenvalue weighted by Crippen LogP contribution is -2.41. The third-order valence-electron chi connectivity index (χ3n) is 4.42. The summed E-state index contributed by atoms with van der Waals surface area (Å²) in [5.41, 5.74) is 0.860. The summed E-state index contributed by atoms with van der Waals surface area (Å²) in [6, 6.07) is 6.99. The van der Waals surface area contributed by atoms with Crippen LogP contribution in [0.4, 0.5) is 4.79 Å². The maximum atomic E-state index is 12.4. The average Bonchev–Trinajstić information content (AvgIpc) is 3.29. The van der Waals surface area contributed by atoms with Crippen molar-refractivity contribution in [3.63, 3.8) is 0 Å². The molecule has 7 nitrogen and oxygen atoms in total. The fourth-order valence-corrected chi connectivity index (χ4v) is 3.01. The van der Waals surface area contributed by atoms with Gasteiger partial charge in [-0.3, -0.25) is 0 Å². The molecule has 2 N–H and O–H groups in total. The second-order valence-corrected chi connectivity index (χ2v) is 6.16. The van der Waals surface area contributed by atoms with Gasteiger partial charge in [-0.1, -0.05) is 18.2 Å². The molecule has 1 fully saturated rings. The number of nitrogens with zero attached hydrogens (tertiary/aromatic N) is 2. The van der Waals surface area contributed by atoms with Crippen molar-refractivity contribution in [3.05, 3.63) is 48.0 Å². The van der Waals surface area contributed by atoms with Crippen LogP contribution in [0.25, 0.3) is 0 Å². The van der Waals surface area contributed by atoms with Crippen molar-refractivity contribution in [2.75, 3.05) is 26.9 Å². The summed E-state index contributed by atoms with van der Waals surface area (Å²) in [7, 11) is 3.52. The number of hydrogen-bond acceptors (Lipinski definition) is 4. The summed E-state index contributed by atoms with van der Waals surface area (Å²) in [6.45, 7) is 2.08. The Hall–Kier alpha value is -2.54. The number of hydrogen-bond donors (Lipinski definition) is 2. The molecule has 3 rings (SSSR count). The Morgan fingerprint density at radius 2 is 2.32 bits per heavy atom. The SMILES string of the molecule is COc1ccccc1[C@@H](NC(=O)NC[C@H]1CCOC1)c1nccn1C. The number of ether oxygens (including phenoxy) is 2. The molecule has 0 saturated carbocycles. The highest BCUT2D eigenvalue weighted by Crippen LogP contribution is 2.28. The fourth-order valence-electron chi connectivity index (χ4n) is 3.01. The lowest BCUT2D eigenvalue weighted by molar-refractivity contribution is 0.185. The summed E-state index contributed by atoms with van der Waals surface area (Å²) in [4.78, 5) is 16.9. The first-order valence-corrected chi connectivity index (χ1v) is 8.41. The number of aromatic nitrogens is 2. The van der Waals surface area contributed by atoms with Gasteiger partial charge >= 0.3 is 6.03 Å². The zero-order valence-corrected chi connectivity index (χ0v) is 14.6. The normalized spacial score (nSPS) is 17.9. The maximum Gasteiger partial charge on any atom is 0.315 e. The molecular formula is C18H24N4O3. The van der Waals surface area contributed by atoms with E-state index in [1.54, 1.807) is 13.3 Å². The van der Waals surface area contributed by atoms with Crippen LogP contribution in [0.15, 0.2) is 36.7 Å². The Morgan fingerprint density at radius 1 is 1.48 bits per heavy atom. The highest BCUT2D eigenvalue weighted by atomic mass is 16.5. The number of benzene rings is 1. The zero-order chi connectivity index (χ0) is 17.6. The molecule has 0 spiro atoms. The molecule has 1 aromatic heterocycles. The summed E-state index contributed by atoms with van der Waals surface area (Å²) in [5.74, 6) is 1.83. The molecule has 2 heterocycles. The fraction of sp³-hybridized carbons (Fsp3) is 0.444. The molecule has 1 aromatic carbocycles. The third-order valence-corrected chi connectivity index (χ3v) is 4.42. The molecular weight excluding hydrogens is 320 g/mol. The average molecular weight is 344 g/mol. The number of carbonyl (C=O) groups excluding carboxylic acids is 1. The van der Waals surface area contributed by atoms with Crippen LogP contribution in [0.2, 0.25) is 0 Å². The standard InChI is InChI=1S/C18H24N4O3/c1-22-9-8-19-17(22)16(14-5-3-4-6-15(14)24-2)21-18(23)20-11-13-7-10-25-12-13/h3-6,8-9,13,16H,7,10-12H2,1-2H3,(H2,20,21,23)/t13-,16-/m1/s1. The van der Waals surface area contributed by atoms with Crippen molar-refractivity contribution in [3.8, 4) is 5.75 Å². The van der Waals surface area contributed by atoms with Gasteiger partial charge in [0.15, 0.2) is 0 Å². The lowest BCUT2D eigenvalue weighted by Gasteiger charge is -2.22. The topological polar surface area (TPSA) is 77.4 Å². The number of para-hydroxylation sites is 1. The van der Waals surface area contributed by atoms with Crippen molar-refractivity contribution in [2.45, 2.75) is 12.5 Å². The highest BCUT2D eigenvalue weighted by molar-refractivity contribution is 5.75. The minimum atomic E-state index is -0.407. The molecule has 25 heavy (non-hydrogen) atoms. The second kappa shape index (κ2) is 8.02. The molecule has 1 aliphatic heterocycles. The molecule has 0 bridgehead atoms. The van der Waals surface area contributed by atoms with Crippen molar-refractivity contribution in [2.24, 2.45) is 13.0 Å². The molecule has 0 aliphatic carbocycles. The van der Waals surface area contributed by atoms with Crippen molar-refractivity contribution in [1.82, 2.24) is 20.2 Å². The van der Waals surface area contributed by atoms with Crippen molar-refractivity contribution < 1.29 is 14.3 Å². The Balaban J connectivity index is 1.77. The molecule has 134 valence electrons. The first kappa shape index (κ1) is 17.3. The quantitative estimate of drug-likeness (QED) is 0.838. The smallest absolute Gasteiger partial charge is 0.315 e. The first-order valence-electron chi connectivity index (χ1n) is 8.41. The molecule has 2 amide bonds. The van der Waals surface area contributed by atoms with Crippen LogP contribution in [0.1, 0.15) is 23.9 Å². The van der Waals surface area contributed by atoms with E-state index in [9.17, 15) is 4.79 Å². The number of urea groups is 1. The number of nitrogens with one attached hydrogen (secondary N) is 2. The predicted molar refractivity (Wildman–Crippen MR) is 93.5 cm³/mol. The van der Waals surface area contributed by atoms with Gasteiger partial charge in [0.25, 0.3) is 0 Å². The number of amides is 2. The highest BCUT2D eigenvalue weighted by Gasteiger charge is 2.24. The molecule has 0 radical (unpaired) electrons. The van der Waals surface area contributed by atoms with Gasteiger partial charge in [-0.15, -0.1) is 0 Å². The van der Waals surface area contributed by atoms with Crippen LogP contribution in [-0.2, 0) is 11.8 Å². The summed E-state index contributed by atoms with van der Waals surface area (Å²) >= 11 is 0. The lowest BCUT2D eigenvalue weighted by atomic mass is 10.0. The molecule has 7 heteroatoms. The predicted octanol–water partition coefficient (Wildman–Crippen LogP) is 1.85. The van der Waals surface area contributed by atoms with Gasteiger partial charge in [0.05, 0.1) is 13.7 Å².